The second-order valence-corrected chi connectivity index (χ2v) is 4.69. The molecule has 0 aliphatic rings. The Hall–Kier alpha value is -2.07. The van der Waals surface area contributed by atoms with Crippen LogP contribution in [0, 0.1) is 0 Å². The zero-order valence-corrected chi connectivity index (χ0v) is 11.0. The van der Waals surface area contributed by atoms with Gasteiger partial charge >= 0.3 is 0 Å². The van der Waals surface area contributed by atoms with Crippen molar-refractivity contribution >= 4 is 11.0 Å². The highest BCUT2D eigenvalue weighted by atomic mass is 16.3. The topological polar surface area (TPSA) is 57.0 Å². The van der Waals surface area contributed by atoms with E-state index in [1.54, 1.807) is 6.26 Å². The van der Waals surface area contributed by atoms with Crippen LogP contribution in [-0.2, 0) is 26.4 Å². The quantitative estimate of drug-likeness (QED) is 0.779. The summed E-state index contributed by atoms with van der Waals surface area (Å²) in [7, 11) is 2.05. The molecule has 3 aromatic rings. The van der Waals surface area contributed by atoms with Crippen LogP contribution in [0.5, 0.6) is 0 Å². The lowest BCUT2D eigenvalue weighted by Crippen LogP contribution is -2.00. The van der Waals surface area contributed by atoms with Gasteiger partial charge in [-0.1, -0.05) is 6.07 Å². The van der Waals surface area contributed by atoms with E-state index >= 15 is 0 Å². The van der Waals surface area contributed by atoms with Crippen molar-refractivity contribution in [3.8, 4) is 0 Å². The van der Waals surface area contributed by atoms with Crippen molar-refractivity contribution in [2.45, 2.75) is 19.4 Å². The second kappa shape index (κ2) is 4.90. The summed E-state index contributed by atoms with van der Waals surface area (Å²) in [6, 6.07) is 10.1. The zero-order chi connectivity index (χ0) is 13.2. The molecule has 0 bridgehead atoms. The highest BCUT2D eigenvalue weighted by Crippen LogP contribution is 2.18. The molecule has 0 amide bonds. The van der Waals surface area contributed by atoms with Crippen molar-refractivity contribution in [3.05, 3.63) is 53.7 Å². The molecule has 1 aromatic carbocycles. The third kappa shape index (κ3) is 2.27. The van der Waals surface area contributed by atoms with E-state index in [9.17, 15) is 0 Å². The fourth-order valence-electron chi connectivity index (χ4n) is 2.33. The summed E-state index contributed by atoms with van der Waals surface area (Å²) in [5.74, 6) is 2.07. The Kier molecular flexibility index (Phi) is 3.09. The van der Waals surface area contributed by atoms with Crippen molar-refractivity contribution in [1.82, 2.24) is 9.55 Å². The van der Waals surface area contributed by atoms with Gasteiger partial charge in [0.25, 0.3) is 0 Å². The van der Waals surface area contributed by atoms with Crippen LogP contribution >= 0.6 is 0 Å². The number of fused-ring (bicyclic) bond motifs is 1. The number of nitrogens with zero attached hydrogens (tertiary/aromatic N) is 2. The third-order valence-electron chi connectivity index (χ3n) is 3.45. The summed E-state index contributed by atoms with van der Waals surface area (Å²) < 4.78 is 7.49. The van der Waals surface area contributed by atoms with Crippen LogP contribution in [0.15, 0.2) is 41.0 Å². The van der Waals surface area contributed by atoms with E-state index in [2.05, 4.69) is 15.6 Å². The maximum atomic E-state index is 5.68. The molecule has 0 fully saturated rings. The number of hydrogen-bond donors (Lipinski definition) is 1. The predicted octanol–water partition coefficient (Wildman–Crippen LogP) is 2.41. The Bertz CT molecular complexity index is 683. The Labute approximate surface area is 111 Å². The minimum Gasteiger partial charge on any atom is -0.469 e. The molecule has 98 valence electrons. The van der Waals surface area contributed by atoms with Gasteiger partial charge in [-0.3, -0.25) is 0 Å². The molecule has 0 radical (unpaired) electrons. The molecule has 0 aliphatic heterocycles. The van der Waals surface area contributed by atoms with E-state index < -0.39 is 0 Å². The minimum absolute atomic E-state index is 0.558. The van der Waals surface area contributed by atoms with Crippen molar-refractivity contribution in [2.75, 3.05) is 0 Å². The zero-order valence-electron chi connectivity index (χ0n) is 11.0. The number of imidazole rings is 1. The summed E-state index contributed by atoms with van der Waals surface area (Å²) in [6.45, 7) is 0.558. The van der Waals surface area contributed by atoms with E-state index in [1.165, 1.54) is 0 Å². The number of aromatic nitrogens is 2. The van der Waals surface area contributed by atoms with Crippen LogP contribution < -0.4 is 5.73 Å². The van der Waals surface area contributed by atoms with Gasteiger partial charge in [0.15, 0.2) is 0 Å². The Morgan fingerprint density at radius 2 is 2.16 bits per heavy atom. The maximum absolute atomic E-state index is 5.68. The molecule has 3 rings (SSSR count). The normalized spacial score (nSPS) is 11.3. The van der Waals surface area contributed by atoms with Gasteiger partial charge in [0.2, 0.25) is 0 Å². The van der Waals surface area contributed by atoms with E-state index in [0.29, 0.717) is 6.54 Å². The van der Waals surface area contributed by atoms with Gasteiger partial charge in [0.1, 0.15) is 11.6 Å². The predicted molar refractivity (Wildman–Crippen MR) is 74.7 cm³/mol. The average Bonchev–Trinajstić information content (AvgIpc) is 3.05. The number of rotatable bonds is 4. The summed E-state index contributed by atoms with van der Waals surface area (Å²) in [5.41, 5.74) is 8.97. The number of nitrogens with two attached hydrogens (primary N) is 1. The molecule has 4 heteroatoms. The van der Waals surface area contributed by atoms with Crippen LogP contribution in [0.1, 0.15) is 17.1 Å². The van der Waals surface area contributed by atoms with E-state index in [0.717, 1.165) is 41.0 Å². The van der Waals surface area contributed by atoms with Gasteiger partial charge in [-0.25, -0.2) is 4.98 Å². The van der Waals surface area contributed by atoms with Gasteiger partial charge in [0.05, 0.1) is 17.3 Å². The average molecular weight is 255 g/mol. The van der Waals surface area contributed by atoms with Crippen LogP contribution in [-0.4, -0.2) is 9.55 Å². The van der Waals surface area contributed by atoms with Crippen LogP contribution in [0.3, 0.4) is 0 Å². The second-order valence-electron chi connectivity index (χ2n) is 4.69. The molecule has 0 saturated heterocycles. The first kappa shape index (κ1) is 12.0. The standard InChI is InChI=1S/C15H17N3O/c1-18-14-9-11(10-16)4-6-13(14)17-15(18)7-5-12-3-2-8-19-12/h2-4,6,8-9H,5,7,10,16H2,1H3. The summed E-state index contributed by atoms with van der Waals surface area (Å²) in [4.78, 5) is 4.67. The first-order chi connectivity index (χ1) is 9.28. The number of benzene rings is 1. The van der Waals surface area contributed by atoms with Gasteiger partial charge in [-0.05, 0) is 29.8 Å². The Balaban J connectivity index is 1.89. The van der Waals surface area contributed by atoms with Crippen molar-refractivity contribution in [3.63, 3.8) is 0 Å². The van der Waals surface area contributed by atoms with E-state index in [-0.39, 0.29) is 0 Å². The summed E-state index contributed by atoms with van der Waals surface area (Å²) >= 11 is 0. The van der Waals surface area contributed by atoms with Crippen LogP contribution in [0.25, 0.3) is 11.0 Å². The van der Waals surface area contributed by atoms with E-state index in [4.69, 9.17) is 10.2 Å². The number of furan rings is 1. The SMILES string of the molecule is Cn1c(CCc2ccco2)nc2ccc(CN)cc21. The summed E-state index contributed by atoms with van der Waals surface area (Å²) in [5, 5.41) is 0. The Morgan fingerprint density at radius 1 is 1.26 bits per heavy atom. The molecule has 0 atom stereocenters. The first-order valence-corrected chi connectivity index (χ1v) is 6.44. The van der Waals surface area contributed by atoms with Crippen molar-refractivity contribution in [1.29, 1.82) is 0 Å². The van der Waals surface area contributed by atoms with Gasteiger partial charge in [-0.2, -0.15) is 0 Å². The minimum atomic E-state index is 0.558. The fourth-order valence-corrected chi connectivity index (χ4v) is 2.33. The van der Waals surface area contributed by atoms with Crippen molar-refractivity contribution < 1.29 is 4.42 Å². The fraction of sp³-hybridized carbons (Fsp3) is 0.267. The lowest BCUT2D eigenvalue weighted by atomic mass is 10.2. The molecule has 0 aliphatic carbocycles. The van der Waals surface area contributed by atoms with Crippen molar-refractivity contribution in [2.24, 2.45) is 12.8 Å². The molecule has 2 aromatic heterocycles. The molecule has 0 saturated carbocycles. The lowest BCUT2D eigenvalue weighted by molar-refractivity contribution is 0.505. The largest absolute Gasteiger partial charge is 0.469 e. The van der Waals surface area contributed by atoms with Crippen LogP contribution in [0.2, 0.25) is 0 Å². The molecule has 4 nitrogen and oxygen atoms in total. The molecular weight excluding hydrogens is 238 g/mol. The van der Waals surface area contributed by atoms with Gasteiger partial charge in [0, 0.05) is 26.4 Å². The van der Waals surface area contributed by atoms with Gasteiger partial charge in [-0.15, -0.1) is 0 Å². The highest BCUT2D eigenvalue weighted by molar-refractivity contribution is 5.76. The highest BCUT2D eigenvalue weighted by Gasteiger charge is 2.09. The molecule has 19 heavy (non-hydrogen) atoms. The lowest BCUT2D eigenvalue weighted by Gasteiger charge is -2.02. The monoisotopic (exact) mass is 255 g/mol. The summed E-state index contributed by atoms with van der Waals surface area (Å²) in [6.07, 6.45) is 3.45. The van der Waals surface area contributed by atoms with Crippen LogP contribution in [0.4, 0.5) is 0 Å². The molecule has 0 unspecified atom stereocenters. The van der Waals surface area contributed by atoms with E-state index in [1.807, 2.05) is 31.3 Å². The first-order valence-electron chi connectivity index (χ1n) is 6.44. The molecule has 2 N–H and O–H groups in total. The number of hydrogen-bond acceptors (Lipinski definition) is 3. The molecular formula is C15H17N3O. The smallest absolute Gasteiger partial charge is 0.110 e. The van der Waals surface area contributed by atoms with Gasteiger partial charge < -0.3 is 14.7 Å². The molecule has 0 spiro atoms. The number of aryl methyl sites for hydroxylation is 3. The third-order valence-corrected chi connectivity index (χ3v) is 3.45. The maximum Gasteiger partial charge on any atom is 0.110 e. The molecule has 2 heterocycles. The Morgan fingerprint density at radius 3 is 2.89 bits per heavy atom.